The van der Waals surface area contributed by atoms with Gasteiger partial charge in [0.15, 0.2) is 0 Å². The fraction of sp³-hybridized carbons (Fsp3) is 0.300. The number of alkyl halides is 3. The number of unbranched alkanes of at least 4 members (excludes halogenated alkanes) is 1. The minimum atomic E-state index is -4.47. The molecular weight excluding hydrogens is 371 g/mol. The molecule has 5 nitrogen and oxygen atoms in total. The van der Waals surface area contributed by atoms with E-state index in [4.69, 9.17) is 0 Å². The highest BCUT2D eigenvalue weighted by molar-refractivity contribution is 5.95. The van der Waals surface area contributed by atoms with Gasteiger partial charge in [-0.15, -0.1) is 0 Å². The molecule has 0 heterocycles. The van der Waals surface area contributed by atoms with Gasteiger partial charge in [-0.1, -0.05) is 19.4 Å². The van der Waals surface area contributed by atoms with E-state index in [0.29, 0.717) is 17.8 Å². The molecular formula is C20H22F3N3O2. The molecule has 0 aromatic heterocycles. The Morgan fingerprint density at radius 3 is 2.36 bits per heavy atom. The number of anilines is 2. The summed E-state index contributed by atoms with van der Waals surface area (Å²) in [5, 5.41) is 8.09. The van der Waals surface area contributed by atoms with Crippen molar-refractivity contribution < 1.29 is 22.8 Å². The van der Waals surface area contributed by atoms with E-state index >= 15 is 0 Å². The molecule has 0 unspecified atom stereocenters. The molecule has 0 bridgehead atoms. The van der Waals surface area contributed by atoms with Crippen molar-refractivity contribution in [3.05, 3.63) is 59.7 Å². The van der Waals surface area contributed by atoms with Crippen LogP contribution in [-0.4, -0.2) is 24.9 Å². The highest BCUT2D eigenvalue weighted by atomic mass is 19.4. The first-order valence-electron chi connectivity index (χ1n) is 8.89. The van der Waals surface area contributed by atoms with E-state index in [0.717, 1.165) is 25.0 Å². The Labute approximate surface area is 161 Å². The van der Waals surface area contributed by atoms with Crippen LogP contribution in [0.2, 0.25) is 0 Å². The van der Waals surface area contributed by atoms with Crippen LogP contribution in [0.1, 0.15) is 35.7 Å². The van der Waals surface area contributed by atoms with E-state index in [2.05, 4.69) is 16.0 Å². The summed E-state index contributed by atoms with van der Waals surface area (Å²) in [6, 6.07) is 11.0. The van der Waals surface area contributed by atoms with Gasteiger partial charge in [0.1, 0.15) is 0 Å². The van der Waals surface area contributed by atoms with Gasteiger partial charge in [-0.3, -0.25) is 9.59 Å². The first-order chi connectivity index (χ1) is 13.3. The molecule has 0 spiro atoms. The van der Waals surface area contributed by atoms with E-state index in [-0.39, 0.29) is 18.1 Å². The third-order valence-corrected chi connectivity index (χ3v) is 3.89. The Bertz CT molecular complexity index is 805. The number of amides is 2. The van der Waals surface area contributed by atoms with Crippen LogP contribution in [0.3, 0.4) is 0 Å². The van der Waals surface area contributed by atoms with Crippen molar-refractivity contribution in [1.29, 1.82) is 0 Å². The van der Waals surface area contributed by atoms with E-state index in [1.807, 2.05) is 6.92 Å². The van der Waals surface area contributed by atoms with Crippen molar-refractivity contribution in [2.75, 3.05) is 23.7 Å². The largest absolute Gasteiger partial charge is 0.416 e. The SMILES string of the molecule is CCCCNC(=O)c1ccc(NCC(=O)Nc2cccc(C(F)(F)F)c2)cc1. The second-order valence-electron chi connectivity index (χ2n) is 6.17. The van der Waals surface area contributed by atoms with Gasteiger partial charge in [-0.05, 0) is 48.9 Å². The summed E-state index contributed by atoms with van der Waals surface area (Å²) in [4.78, 5) is 23.9. The summed E-state index contributed by atoms with van der Waals surface area (Å²) >= 11 is 0. The van der Waals surface area contributed by atoms with E-state index < -0.39 is 17.6 Å². The topological polar surface area (TPSA) is 70.2 Å². The lowest BCUT2D eigenvalue weighted by Gasteiger charge is -2.11. The van der Waals surface area contributed by atoms with Gasteiger partial charge < -0.3 is 16.0 Å². The molecule has 2 rings (SSSR count). The van der Waals surface area contributed by atoms with Gasteiger partial charge in [-0.25, -0.2) is 0 Å². The van der Waals surface area contributed by atoms with E-state index in [1.54, 1.807) is 24.3 Å². The van der Waals surface area contributed by atoms with E-state index in [9.17, 15) is 22.8 Å². The molecule has 0 saturated carbocycles. The Morgan fingerprint density at radius 2 is 1.71 bits per heavy atom. The zero-order valence-corrected chi connectivity index (χ0v) is 15.4. The molecule has 0 atom stereocenters. The van der Waals surface area contributed by atoms with Crippen LogP contribution >= 0.6 is 0 Å². The molecule has 28 heavy (non-hydrogen) atoms. The Balaban J connectivity index is 1.85. The Hall–Kier alpha value is -3.03. The average molecular weight is 393 g/mol. The summed E-state index contributed by atoms with van der Waals surface area (Å²) in [6.07, 6.45) is -2.57. The summed E-state index contributed by atoms with van der Waals surface area (Å²) in [6.45, 7) is 2.53. The minimum Gasteiger partial charge on any atom is -0.376 e. The number of carbonyl (C=O) groups excluding carboxylic acids is 2. The summed E-state index contributed by atoms with van der Waals surface area (Å²) < 4.78 is 38.1. The maximum atomic E-state index is 12.7. The number of carbonyl (C=O) groups is 2. The second-order valence-corrected chi connectivity index (χ2v) is 6.17. The second kappa shape index (κ2) is 9.77. The van der Waals surface area contributed by atoms with Crippen LogP contribution in [0.4, 0.5) is 24.5 Å². The van der Waals surface area contributed by atoms with Gasteiger partial charge in [0.2, 0.25) is 5.91 Å². The molecule has 0 saturated heterocycles. The van der Waals surface area contributed by atoms with Crippen LogP contribution in [0, 0.1) is 0 Å². The van der Waals surface area contributed by atoms with E-state index in [1.165, 1.54) is 12.1 Å². The maximum Gasteiger partial charge on any atom is 0.416 e. The van der Waals surface area contributed by atoms with Gasteiger partial charge in [0.05, 0.1) is 12.1 Å². The molecule has 3 N–H and O–H groups in total. The Morgan fingerprint density at radius 1 is 1.00 bits per heavy atom. The number of benzene rings is 2. The molecule has 0 radical (unpaired) electrons. The van der Waals surface area contributed by atoms with Crippen LogP contribution in [-0.2, 0) is 11.0 Å². The Kier molecular flexibility index (Phi) is 7.43. The molecule has 0 aliphatic carbocycles. The lowest BCUT2D eigenvalue weighted by atomic mass is 10.2. The molecule has 8 heteroatoms. The van der Waals surface area contributed by atoms with Gasteiger partial charge in [0.25, 0.3) is 5.91 Å². The molecule has 0 fully saturated rings. The van der Waals surface area contributed by atoms with Crippen molar-refractivity contribution in [2.45, 2.75) is 25.9 Å². The lowest BCUT2D eigenvalue weighted by Crippen LogP contribution is -2.24. The molecule has 0 aliphatic heterocycles. The zero-order chi connectivity index (χ0) is 20.6. The number of rotatable bonds is 8. The fourth-order valence-electron chi connectivity index (χ4n) is 2.38. The summed E-state index contributed by atoms with van der Waals surface area (Å²) in [5.74, 6) is -0.650. The highest BCUT2D eigenvalue weighted by Gasteiger charge is 2.30. The van der Waals surface area contributed by atoms with Crippen LogP contribution in [0.5, 0.6) is 0 Å². The van der Waals surface area contributed by atoms with Crippen molar-refractivity contribution >= 4 is 23.2 Å². The molecule has 2 amide bonds. The van der Waals surface area contributed by atoms with Gasteiger partial charge in [-0.2, -0.15) is 13.2 Å². The molecule has 2 aromatic rings. The smallest absolute Gasteiger partial charge is 0.376 e. The van der Waals surface area contributed by atoms with Crippen LogP contribution < -0.4 is 16.0 Å². The average Bonchev–Trinajstić information content (AvgIpc) is 2.66. The normalized spacial score (nSPS) is 11.0. The fourth-order valence-corrected chi connectivity index (χ4v) is 2.38. The zero-order valence-electron chi connectivity index (χ0n) is 15.4. The maximum absolute atomic E-state index is 12.7. The van der Waals surface area contributed by atoms with Crippen LogP contribution in [0.25, 0.3) is 0 Å². The monoisotopic (exact) mass is 393 g/mol. The first-order valence-corrected chi connectivity index (χ1v) is 8.89. The van der Waals surface area contributed by atoms with Crippen molar-refractivity contribution in [2.24, 2.45) is 0 Å². The lowest BCUT2D eigenvalue weighted by molar-refractivity contribution is -0.137. The summed E-state index contributed by atoms with van der Waals surface area (Å²) in [5.41, 5.74) is 0.367. The standard InChI is InChI=1S/C20H22F3N3O2/c1-2-3-11-24-19(28)14-7-9-16(10-8-14)25-13-18(27)26-17-6-4-5-15(12-17)20(21,22)23/h4-10,12,25H,2-3,11,13H2,1H3,(H,24,28)(H,26,27). The predicted molar refractivity (Wildman–Crippen MR) is 102 cm³/mol. The van der Waals surface area contributed by atoms with Crippen molar-refractivity contribution in [3.8, 4) is 0 Å². The summed E-state index contributed by atoms with van der Waals surface area (Å²) in [7, 11) is 0. The van der Waals surface area contributed by atoms with Crippen molar-refractivity contribution in [1.82, 2.24) is 5.32 Å². The van der Waals surface area contributed by atoms with Crippen molar-refractivity contribution in [3.63, 3.8) is 0 Å². The first kappa shape index (κ1) is 21.3. The van der Waals surface area contributed by atoms with Crippen LogP contribution in [0.15, 0.2) is 48.5 Å². The third kappa shape index (κ3) is 6.61. The number of hydrogen-bond acceptors (Lipinski definition) is 3. The predicted octanol–water partition coefficient (Wildman–Crippen LogP) is 4.29. The number of hydrogen-bond donors (Lipinski definition) is 3. The number of halogens is 3. The molecule has 2 aromatic carbocycles. The minimum absolute atomic E-state index is 0.0701. The molecule has 150 valence electrons. The molecule has 0 aliphatic rings. The highest BCUT2D eigenvalue weighted by Crippen LogP contribution is 2.30. The third-order valence-electron chi connectivity index (χ3n) is 3.89. The van der Waals surface area contributed by atoms with Gasteiger partial charge >= 0.3 is 6.18 Å². The quantitative estimate of drug-likeness (QED) is 0.586. The van der Waals surface area contributed by atoms with Gasteiger partial charge in [0, 0.05) is 23.5 Å². The number of nitrogens with one attached hydrogen (secondary N) is 3.